The Morgan fingerprint density at radius 3 is 2.28 bits per heavy atom. The average Bonchev–Trinajstić information content (AvgIpc) is 2.69. The molecule has 0 aliphatic heterocycles. The van der Waals surface area contributed by atoms with Crippen LogP contribution in [0.3, 0.4) is 0 Å². The molecule has 0 saturated heterocycles. The van der Waals surface area contributed by atoms with Crippen LogP contribution < -0.4 is 25.6 Å². The topological polar surface area (TPSA) is 88.7 Å². The Labute approximate surface area is 175 Å². The van der Waals surface area contributed by atoms with Crippen molar-refractivity contribution in [2.45, 2.75) is 33.3 Å². The highest BCUT2D eigenvalue weighted by Gasteiger charge is 2.15. The van der Waals surface area contributed by atoms with E-state index in [4.69, 9.17) is 21.7 Å². The molecule has 29 heavy (non-hydrogen) atoms. The molecule has 3 N–H and O–H groups in total. The van der Waals surface area contributed by atoms with Crippen LogP contribution in [0.1, 0.15) is 23.6 Å². The van der Waals surface area contributed by atoms with Crippen molar-refractivity contribution in [3.05, 3.63) is 59.2 Å². The smallest absolute Gasteiger partial charge is 0.279 e. The number of aryl methyl sites for hydroxylation is 2. The third kappa shape index (κ3) is 7.08. The van der Waals surface area contributed by atoms with Crippen LogP contribution in [0.4, 0.5) is 0 Å². The first kappa shape index (κ1) is 22.2. The molecule has 0 radical (unpaired) electrons. The molecule has 0 fully saturated rings. The van der Waals surface area contributed by atoms with Crippen molar-refractivity contribution in [2.75, 3.05) is 7.11 Å². The highest BCUT2D eigenvalue weighted by atomic mass is 32.1. The number of hydrazine groups is 1. The van der Waals surface area contributed by atoms with Crippen molar-refractivity contribution in [2.24, 2.45) is 0 Å². The lowest BCUT2D eigenvalue weighted by Crippen LogP contribution is -2.51. The summed E-state index contributed by atoms with van der Waals surface area (Å²) in [6.07, 6.45) is -0.603. The zero-order valence-electron chi connectivity index (χ0n) is 16.9. The predicted octanol–water partition coefficient (Wildman–Crippen LogP) is 2.34. The third-order valence-electron chi connectivity index (χ3n) is 4.24. The molecule has 1 atom stereocenters. The summed E-state index contributed by atoms with van der Waals surface area (Å²) >= 11 is 5.03. The van der Waals surface area contributed by atoms with Gasteiger partial charge in [-0.3, -0.25) is 20.4 Å². The Balaban J connectivity index is 1.75. The molecule has 154 valence electrons. The second-order valence-electron chi connectivity index (χ2n) is 6.52. The van der Waals surface area contributed by atoms with E-state index < -0.39 is 12.0 Å². The molecule has 2 aromatic rings. The molecule has 2 aromatic carbocycles. The number of carbonyl (C=O) groups excluding carboxylic acids is 2. The Kier molecular flexibility index (Phi) is 7.97. The Bertz CT molecular complexity index is 884. The van der Waals surface area contributed by atoms with Crippen LogP contribution in [0.15, 0.2) is 42.5 Å². The molecular formula is C21H25N3O4S. The molecule has 2 rings (SSSR count). The summed E-state index contributed by atoms with van der Waals surface area (Å²) in [6.45, 7) is 5.60. The minimum absolute atomic E-state index is 0.00441. The number of hydrogen-bond donors (Lipinski definition) is 3. The highest BCUT2D eigenvalue weighted by molar-refractivity contribution is 7.80. The van der Waals surface area contributed by atoms with Gasteiger partial charge in [-0.25, -0.2) is 0 Å². The van der Waals surface area contributed by atoms with Crippen molar-refractivity contribution >= 4 is 29.1 Å². The molecule has 2 amide bonds. The summed E-state index contributed by atoms with van der Waals surface area (Å²) in [5, 5.41) is 2.50. The van der Waals surface area contributed by atoms with Crippen LogP contribution in [0.25, 0.3) is 0 Å². The number of thiocarbonyl (C=S) groups is 1. The van der Waals surface area contributed by atoms with Crippen molar-refractivity contribution < 1.29 is 19.1 Å². The van der Waals surface area contributed by atoms with E-state index in [1.807, 2.05) is 32.0 Å². The molecule has 7 nitrogen and oxygen atoms in total. The fourth-order valence-electron chi connectivity index (χ4n) is 2.40. The first-order valence-electron chi connectivity index (χ1n) is 9.05. The van der Waals surface area contributed by atoms with Gasteiger partial charge in [0, 0.05) is 0 Å². The van der Waals surface area contributed by atoms with E-state index >= 15 is 0 Å². The van der Waals surface area contributed by atoms with Gasteiger partial charge in [-0.2, -0.15) is 0 Å². The number of methoxy groups -OCH3 is 1. The standard InChI is InChI=1S/C21H25N3O4S/c1-13-5-8-18(11-14(13)2)28-15(3)20(26)23-24-21(29)22-19(25)12-16-6-9-17(27-4)10-7-16/h5-11,15H,12H2,1-4H3,(H,23,26)(H2,22,24,25,29). The maximum Gasteiger partial charge on any atom is 0.279 e. The van der Waals surface area contributed by atoms with Crippen molar-refractivity contribution in [3.63, 3.8) is 0 Å². The van der Waals surface area contributed by atoms with E-state index in [0.29, 0.717) is 11.5 Å². The van der Waals surface area contributed by atoms with Gasteiger partial charge in [0.1, 0.15) is 11.5 Å². The maximum atomic E-state index is 12.2. The van der Waals surface area contributed by atoms with Crippen LogP contribution in [-0.4, -0.2) is 30.1 Å². The van der Waals surface area contributed by atoms with Gasteiger partial charge in [-0.1, -0.05) is 18.2 Å². The summed E-state index contributed by atoms with van der Waals surface area (Å²) in [5.41, 5.74) is 7.96. The lowest BCUT2D eigenvalue weighted by molar-refractivity contribution is -0.128. The Morgan fingerprint density at radius 2 is 1.66 bits per heavy atom. The normalized spacial score (nSPS) is 11.2. The number of benzene rings is 2. The lowest BCUT2D eigenvalue weighted by atomic mass is 10.1. The molecule has 0 heterocycles. The SMILES string of the molecule is COc1ccc(CC(=O)NC(=S)NNC(=O)C(C)Oc2ccc(C)c(C)c2)cc1. The monoisotopic (exact) mass is 415 g/mol. The highest BCUT2D eigenvalue weighted by Crippen LogP contribution is 2.17. The van der Waals surface area contributed by atoms with E-state index in [1.54, 1.807) is 38.3 Å². The number of rotatable bonds is 6. The van der Waals surface area contributed by atoms with Crippen LogP contribution >= 0.6 is 12.2 Å². The van der Waals surface area contributed by atoms with E-state index in [-0.39, 0.29) is 17.4 Å². The maximum absolute atomic E-state index is 12.2. The fraction of sp³-hybridized carbons (Fsp3) is 0.286. The third-order valence-corrected chi connectivity index (χ3v) is 4.44. The van der Waals surface area contributed by atoms with Gasteiger partial charge in [0.05, 0.1) is 13.5 Å². The molecule has 0 saturated carbocycles. The van der Waals surface area contributed by atoms with E-state index in [0.717, 1.165) is 16.7 Å². The van der Waals surface area contributed by atoms with Gasteiger partial charge in [0.2, 0.25) is 5.91 Å². The molecule has 0 aliphatic rings. The number of nitrogens with one attached hydrogen (secondary N) is 3. The predicted molar refractivity (Wildman–Crippen MR) is 115 cm³/mol. The molecule has 0 bridgehead atoms. The summed E-state index contributed by atoms with van der Waals surface area (Å²) < 4.78 is 10.7. The second kappa shape index (κ2) is 10.4. The lowest BCUT2D eigenvalue weighted by Gasteiger charge is -2.17. The number of ether oxygens (including phenoxy) is 2. The minimum atomic E-state index is -0.748. The molecule has 0 spiro atoms. The van der Waals surface area contributed by atoms with E-state index in [2.05, 4.69) is 16.2 Å². The molecule has 1 unspecified atom stereocenters. The van der Waals surface area contributed by atoms with E-state index in [1.165, 1.54) is 0 Å². The van der Waals surface area contributed by atoms with Gasteiger partial charge >= 0.3 is 0 Å². The quantitative estimate of drug-likeness (QED) is 0.496. The number of hydrogen-bond acceptors (Lipinski definition) is 5. The van der Waals surface area contributed by atoms with E-state index in [9.17, 15) is 9.59 Å². The second-order valence-corrected chi connectivity index (χ2v) is 6.93. The van der Waals surface area contributed by atoms with Crippen molar-refractivity contribution in [1.29, 1.82) is 0 Å². The van der Waals surface area contributed by atoms with Crippen LogP contribution in [0.2, 0.25) is 0 Å². The van der Waals surface area contributed by atoms with Gasteiger partial charge in [-0.05, 0) is 73.9 Å². The molecular weight excluding hydrogens is 390 g/mol. The van der Waals surface area contributed by atoms with Crippen LogP contribution in [0.5, 0.6) is 11.5 Å². The van der Waals surface area contributed by atoms with Crippen molar-refractivity contribution in [3.8, 4) is 11.5 Å². The van der Waals surface area contributed by atoms with Crippen molar-refractivity contribution in [1.82, 2.24) is 16.2 Å². The summed E-state index contributed by atoms with van der Waals surface area (Å²) in [6, 6.07) is 12.7. The first-order chi connectivity index (χ1) is 13.8. The zero-order chi connectivity index (χ0) is 21.4. The number of carbonyl (C=O) groups is 2. The van der Waals surface area contributed by atoms with Crippen LogP contribution in [0, 0.1) is 13.8 Å². The fourth-order valence-corrected chi connectivity index (χ4v) is 2.56. The number of amides is 2. The van der Waals surface area contributed by atoms with Gasteiger partial charge in [-0.15, -0.1) is 0 Å². The average molecular weight is 416 g/mol. The zero-order valence-corrected chi connectivity index (χ0v) is 17.7. The molecule has 0 aliphatic carbocycles. The minimum Gasteiger partial charge on any atom is -0.497 e. The van der Waals surface area contributed by atoms with Gasteiger partial charge in [0.15, 0.2) is 11.2 Å². The summed E-state index contributed by atoms with van der Waals surface area (Å²) in [5.74, 6) is 0.591. The summed E-state index contributed by atoms with van der Waals surface area (Å²) in [7, 11) is 1.58. The largest absolute Gasteiger partial charge is 0.497 e. The molecule has 8 heteroatoms. The van der Waals surface area contributed by atoms with Crippen LogP contribution in [-0.2, 0) is 16.0 Å². The Hall–Kier alpha value is -3.13. The first-order valence-corrected chi connectivity index (χ1v) is 9.46. The van der Waals surface area contributed by atoms with Gasteiger partial charge < -0.3 is 14.8 Å². The Morgan fingerprint density at radius 1 is 1.00 bits per heavy atom. The summed E-state index contributed by atoms with van der Waals surface area (Å²) in [4.78, 5) is 24.2. The molecule has 0 aromatic heterocycles. The van der Waals surface area contributed by atoms with Gasteiger partial charge in [0.25, 0.3) is 5.91 Å².